The van der Waals surface area contributed by atoms with Crippen LogP contribution in [0.2, 0.25) is 0 Å². The van der Waals surface area contributed by atoms with Crippen molar-refractivity contribution in [3.63, 3.8) is 0 Å². The van der Waals surface area contributed by atoms with Gasteiger partial charge in [-0.25, -0.2) is 0 Å². The Labute approximate surface area is 152 Å². The summed E-state index contributed by atoms with van der Waals surface area (Å²) in [5.41, 5.74) is 3.05. The van der Waals surface area contributed by atoms with Crippen molar-refractivity contribution in [1.29, 1.82) is 0 Å². The number of carbonyl (C=O) groups excluding carboxylic acids is 2. The minimum absolute atomic E-state index is 0.0402. The van der Waals surface area contributed by atoms with Gasteiger partial charge in [-0.3, -0.25) is 14.9 Å². The fourth-order valence-corrected chi connectivity index (χ4v) is 2.18. The fourth-order valence-electron chi connectivity index (χ4n) is 1.97. The van der Waals surface area contributed by atoms with Gasteiger partial charge in [-0.1, -0.05) is 31.5 Å². The molecule has 2 rings (SSSR count). The molecule has 0 spiro atoms. The molecule has 6 heteroatoms. The number of hydrogen-bond donors (Lipinski definition) is 3. The van der Waals surface area contributed by atoms with Gasteiger partial charge in [-0.2, -0.15) is 0 Å². The van der Waals surface area contributed by atoms with Crippen molar-refractivity contribution in [1.82, 2.24) is 5.32 Å². The lowest BCUT2D eigenvalue weighted by molar-refractivity contribution is -0.118. The number of nitrogens with one attached hydrogen (secondary N) is 3. The van der Waals surface area contributed by atoms with Gasteiger partial charge in [0.05, 0.1) is 0 Å². The fraction of sp³-hybridized carbons (Fsp3) is 0.211. The highest BCUT2D eigenvalue weighted by Crippen LogP contribution is 2.14. The van der Waals surface area contributed by atoms with Crippen molar-refractivity contribution >= 4 is 40.5 Å². The number of benzene rings is 2. The van der Waals surface area contributed by atoms with Gasteiger partial charge in [0.2, 0.25) is 5.91 Å². The number of anilines is 2. The van der Waals surface area contributed by atoms with E-state index in [1.54, 1.807) is 36.4 Å². The molecule has 25 heavy (non-hydrogen) atoms. The molecule has 0 aromatic heterocycles. The van der Waals surface area contributed by atoms with Gasteiger partial charge in [-0.15, -0.1) is 0 Å². The van der Waals surface area contributed by atoms with E-state index in [0.29, 0.717) is 11.3 Å². The Bertz CT molecular complexity index is 768. The van der Waals surface area contributed by atoms with E-state index in [1.807, 2.05) is 32.9 Å². The van der Waals surface area contributed by atoms with Crippen molar-refractivity contribution in [3.05, 3.63) is 59.7 Å². The third-order valence-electron chi connectivity index (χ3n) is 3.48. The third kappa shape index (κ3) is 5.69. The molecule has 0 saturated carbocycles. The molecule has 0 fully saturated rings. The second kappa shape index (κ2) is 8.39. The van der Waals surface area contributed by atoms with Crippen molar-refractivity contribution in [3.8, 4) is 0 Å². The SMILES string of the molecule is Cc1ccc(C(=O)NC(=S)Nc2ccc(NC(=O)C(C)C)cc2)cc1. The molecule has 130 valence electrons. The van der Waals surface area contributed by atoms with Gasteiger partial charge in [-0.05, 0) is 55.5 Å². The number of hydrogen-bond acceptors (Lipinski definition) is 3. The second-order valence-electron chi connectivity index (χ2n) is 6.00. The molecule has 0 saturated heterocycles. The Kier molecular flexibility index (Phi) is 6.25. The van der Waals surface area contributed by atoms with Gasteiger partial charge < -0.3 is 10.6 Å². The van der Waals surface area contributed by atoms with E-state index < -0.39 is 0 Å². The van der Waals surface area contributed by atoms with Crippen LogP contribution in [0.4, 0.5) is 11.4 Å². The Morgan fingerprint density at radius 1 is 0.880 bits per heavy atom. The lowest BCUT2D eigenvalue weighted by Crippen LogP contribution is -2.34. The number of rotatable bonds is 4. The lowest BCUT2D eigenvalue weighted by atomic mass is 10.1. The standard InChI is InChI=1S/C19H21N3O2S/c1-12(2)17(23)20-15-8-10-16(11-9-15)21-19(25)22-18(24)14-6-4-13(3)5-7-14/h4-12H,1-3H3,(H,20,23)(H2,21,22,24,25). The zero-order valence-corrected chi connectivity index (χ0v) is 15.2. The van der Waals surface area contributed by atoms with Gasteiger partial charge in [0.1, 0.15) is 0 Å². The smallest absolute Gasteiger partial charge is 0.257 e. The average Bonchev–Trinajstić information content (AvgIpc) is 2.57. The monoisotopic (exact) mass is 355 g/mol. The maximum absolute atomic E-state index is 12.1. The minimum Gasteiger partial charge on any atom is -0.332 e. The van der Waals surface area contributed by atoms with Crippen molar-refractivity contribution < 1.29 is 9.59 Å². The highest BCUT2D eigenvalue weighted by atomic mass is 32.1. The van der Waals surface area contributed by atoms with Crippen LogP contribution in [0, 0.1) is 12.8 Å². The van der Waals surface area contributed by atoms with Crippen molar-refractivity contribution in [2.45, 2.75) is 20.8 Å². The van der Waals surface area contributed by atoms with Crippen molar-refractivity contribution in [2.75, 3.05) is 10.6 Å². The molecule has 2 aromatic carbocycles. The first kappa shape index (κ1) is 18.6. The van der Waals surface area contributed by atoms with Crippen LogP contribution in [0.5, 0.6) is 0 Å². The molecule has 5 nitrogen and oxygen atoms in total. The van der Waals surface area contributed by atoms with Gasteiger partial charge in [0, 0.05) is 22.9 Å². The number of aryl methyl sites for hydroxylation is 1. The first-order chi connectivity index (χ1) is 11.8. The molecule has 0 aliphatic carbocycles. The summed E-state index contributed by atoms with van der Waals surface area (Å²) >= 11 is 5.16. The van der Waals surface area contributed by atoms with Gasteiger partial charge >= 0.3 is 0 Å². The van der Waals surface area contributed by atoms with Gasteiger partial charge in [0.25, 0.3) is 5.91 Å². The van der Waals surface area contributed by atoms with Crippen molar-refractivity contribution in [2.24, 2.45) is 5.92 Å². The molecule has 0 aliphatic rings. The molecule has 0 heterocycles. The quantitative estimate of drug-likeness (QED) is 0.731. The van der Waals surface area contributed by atoms with Crippen LogP contribution < -0.4 is 16.0 Å². The summed E-state index contributed by atoms with van der Waals surface area (Å²) in [4.78, 5) is 23.8. The minimum atomic E-state index is -0.265. The van der Waals surface area contributed by atoms with Crippen LogP contribution in [-0.4, -0.2) is 16.9 Å². The zero-order valence-electron chi connectivity index (χ0n) is 14.4. The van der Waals surface area contributed by atoms with E-state index in [-0.39, 0.29) is 22.8 Å². The van der Waals surface area contributed by atoms with Gasteiger partial charge in [0.15, 0.2) is 5.11 Å². The molecule has 0 unspecified atom stereocenters. The normalized spacial score (nSPS) is 10.2. The summed E-state index contributed by atoms with van der Waals surface area (Å²) in [5.74, 6) is -0.387. The maximum atomic E-state index is 12.1. The van der Waals surface area contributed by atoms with Crippen LogP contribution in [0.1, 0.15) is 29.8 Å². The van der Waals surface area contributed by atoms with Crippen LogP contribution in [0.15, 0.2) is 48.5 Å². The number of carbonyl (C=O) groups is 2. The first-order valence-electron chi connectivity index (χ1n) is 7.95. The summed E-state index contributed by atoms with van der Waals surface area (Å²) < 4.78 is 0. The highest BCUT2D eigenvalue weighted by Gasteiger charge is 2.09. The molecule has 2 aromatic rings. The molecule has 0 aliphatic heterocycles. The zero-order chi connectivity index (χ0) is 18.4. The molecular weight excluding hydrogens is 334 g/mol. The van der Waals surface area contributed by atoms with E-state index >= 15 is 0 Å². The Morgan fingerprint density at radius 3 is 1.92 bits per heavy atom. The first-order valence-corrected chi connectivity index (χ1v) is 8.36. The Balaban J connectivity index is 1.91. The van der Waals surface area contributed by atoms with E-state index in [2.05, 4.69) is 16.0 Å². The predicted octanol–water partition coefficient (Wildman–Crippen LogP) is 3.72. The van der Waals surface area contributed by atoms with E-state index in [1.165, 1.54) is 0 Å². The summed E-state index contributed by atoms with van der Waals surface area (Å²) in [6.45, 7) is 5.63. The van der Waals surface area contributed by atoms with E-state index in [0.717, 1.165) is 11.3 Å². The lowest BCUT2D eigenvalue weighted by Gasteiger charge is -2.11. The van der Waals surface area contributed by atoms with Crippen LogP contribution in [-0.2, 0) is 4.79 Å². The average molecular weight is 355 g/mol. The third-order valence-corrected chi connectivity index (χ3v) is 3.68. The van der Waals surface area contributed by atoms with Crippen LogP contribution in [0.25, 0.3) is 0 Å². The summed E-state index contributed by atoms with van der Waals surface area (Å²) in [7, 11) is 0. The maximum Gasteiger partial charge on any atom is 0.257 e. The van der Waals surface area contributed by atoms with Crippen LogP contribution >= 0.6 is 12.2 Å². The number of amides is 2. The summed E-state index contributed by atoms with van der Waals surface area (Å²) in [6, 6.07) is 14.3. The number of thiocarbonyl (C=S) groups is 1. The second-order valence-corrected chi connectivity index (χ2v) is 6.40. The van der Waals surface area contributed by atoms with E-state index in [9.17, 15) is 9.59 Å². The van der Waals surface area contributed by atoms with Crippen LogP contribution in [0.3, 0.4) is 0 Å². The molecule has 0 atom stereocenters. The molecule has 0 radical (unpaired) electrons. The topological polar surface area (TPSA) is 70.2 Å². The summed E-state index contributed by atoms with van der Waals surface area (Å²) in [5, 5.41) is 8.60. The molecule has 3 N–H and O–H groups in total. The highest BCUT2D eigenvalue weighted by molar-refractivity contribution is 7.80. The van der Waals surface area contributed by atoms with E-state index in [4.69, 9.17) is 12.2 Å². The summed E-state index contributed by atoms with van der Waals surface area (Å²) in [6.07, 6.45) is 0. The Morgan fingerprint density at radius 2 is 1.40 bits per heavy atom. The Hall–Kier alpha value is -2.73. The predicted molar refractivity (Wildman–Crippen MR) is 105 cm³/mol. The largest absolute Gasteiger partial charge is 0.332 e. The molecule has 2 amide bonds. The molecule has 0 bridgehead atoms. The molecular formula is C19H21N3O2S.